The Kier molecular flexibility index (Phi) is 5.30. The van der Waals surface area contributed by atoms with Crippen molar-refractivity contribution >= 4 is 5.91 Å². The molecule has 0 saturated heterocycles. The highest BCUT2D eigenvalue weighted by atomic mass is 19.1. The molecule has 0 bridgehead atoms. The number of aryl methyl sites for hydroxylation is 1. The van der Waals surface area contributed by atoms with Crippen molar-refractivity contribution in [1.82, 2.24) is 10.3 Å². The molecular weight excluding hydrogens is 354 g/mol. The number of nitrogens with one attached hydrogen (secondary N) is 1. The number of benzene rings is 2. The Morgan fingerprint density at radius 1 is 1.19 bits per heavy atom. The van der Waals surface area contributed by atoms with E-state index in [1.807, 2.05) is 0 Å². The standard InChI is InChI=1S/C20H16F2N2O3/c1-12-4-5-13(9-17(12)25)19(26)24-11-14-3-2-8-23-20(14)27-18-7-6-15(21)10-16(18)22/h2-10,25H,11H2,1H3,(H,24,26). The lowest BCUT2D eigenvalue weighted by Gasteiger charge is -2.11. The van der Waals surface area contributed by atoms with E-state index in [4.69, 9.17) is 4.74 Å². The predicted molar refractivity (Wildman–Crippen MR) is 94.7 cm³/mol. The summed E-state index contributed by atoms with van der Waals surface area (Å²) >= 11 is 0. The van der Waals surface area contributed by atoms with Gasteiger partial charge in [0.25, 0.3) is 5.91 Å². The molecule has 7 heteroatoms. The van der Waals surface area contributed by atoms with Gasteiger partial charge < -0.3 is 15.2 Å². The monoisotopic (exact) mass is 370 g/mol. The first-order valence-corrected chi connectivity index (χ1v) is 8.08. The number of rotatable bonds is 5. The van der Waals surface area contributed by atoms with Crippen molar-refractivity contribution in [3.05, 3.63) is 83.1 Å². The van der Waals surface area contributed by atoms with E-state index in [1.165, 1.54) is 12.3 Å². The summed E-state index contributed by atoms with van der Waals surface area (Å²) in [5.74, 6) is -2.02. The second-order valence-corrected chi connectivity index (χ2v) is 5.83. The summed E-state index contributed by atoms with van der Waals surface area (Å²) in [6.45, 7) is 1.80. The molecule has 2 N–H and O–H groups in total. The Morgan fingerprint density at radius 3 is 2.74 bits per heavy atom. The van der Waals surface area contributed by atoms with E-state index in [0.717, 1.165) is 12.1 Å². The number of hydrogen-bond acceptors (Lipinski definition) is 4. The molecule has 0 fully saturated rings. The van der Waals surface area contributed by atoms with Crippen LogP contribution < -0.4 is 10.1 Å². The molecule has 3 aromatic rings. The minimum Gasteiger partial charge on any atom is -0.508 e. The third kappa shape index (κ3) is 4.38. The maximum absolute atomic E-state index is 13.8. The van der Waals surface area contributed by atoms with Crippen LogP contribution in [0.15, 0.2) is 54.7 Å². The molecule has 138 valence electrons. The van der Waals surface area contributed by atoms with Gasteiger partial charge in [-0.15, -0.1) is 0 Å². The fourth-order valence-electron chi connectivity index (χ4n) is 2.34. The van der Waals surface area contributed by atoms with Gasteiger partial charge in [0.1, 0.15) is 11.6 Å². The molecule has 1 heterocycles. The minimum absolute atomic E-state index is 0.0276. The number of phenolic OH excluding ortho intramolecular Hbond substituents is 1. The summed E-state index contributed by atoms with van der Waals surface area (Å²) in [6, 6.07) is 10.9. The number of nitrogens with zero attached hydrogens (tertiary/aromatic N) is 1. The van der Waals surface area contributed by atoms with Crippen molar-refractivity contribution in [1.29, 1.82) is 0 Å². The lowest BCUT2D eigenvalue weighted by molar-refractivity contribution is 0.0950. The minimum atomic E-state index is -0.856. The van der Waals surface area contributed by atoms with Crippen LogP contribution in [0.4, 0.5) is 8.78 Å². The van der Waals surface area contributed by atoms with Crippen LogP contribution in [0.2, 0.25) is 0 Å². The van der Waals surface area contributed by atoms with Crippen LogP contribution in [-0.2, 0) is 6.54 Å². The Hall–Kier alpha value is -3.48. The van der Waals surface area contributed by atoms with Gasteiger partial charge >= 0.3 is 0 Å². The Balaban J connectivity index is 1.74. The molecule has 0 spiro atoms. The van der Waals surface area contributed by atoms with Crippen LogP contribution in [-0.4, -0.2) is 16.0 Å². The van der Waals surface area contributed by atoms with Crippen molar-refractivity contribution in [2.24, 2.45) is 0 Å². The molecule has 0 aliphatic heterocycles. The molecule has 0 atom stereocenters. The van der Waals surface area contributed by atoms with Gasteiger partial charge in [0, 0.05) is 29.9 Å². The van der Waals surface area contributed by atoms with E-state index in [0.29, 0.717) is 22.8 Å². The third-order valence-electron chi connectivity index (χ3n) is 3.86. The summed E-state index contributed by atoms with van der Waals surface area (Å²) in [5, 5.41) is 12.4. The molecule has 0 unspecified atom stereocenters. The number of ether oxygens (including phenoxy) is 1. The normalized spacial score (nSPS) is 10.5. The van der Waals surface area contributed by atoms with Crippen molar-refractivity contribution in [2.75, 3.05) is 0 Å². The first-order chi connectivity index (χ1) is 12.9. The molecule has 0 saturated carbocycles. The van der Waals surface area contributed by atoms with Crippen LogP contribution in [0.5, 0.6) is 17.4 Å². The van der Waals surface area contributed by atoms with Crippen molar-refractivity contribution in [3.8, 4) is 17.4 Å². The lowest BCUT2D eigenvalue weighted by atomic mass is 10.1. The van der Waals surface area contributed by atoms with Crippen LogP contribution >= 0.6 is 0 Å². The second-order valence-electron chi connectivity index (χ2n) is 5.83. The zero-order valence-electron chi connectivity index (χ0n) is 14.4. The molecule has 1 amide bonds. The van der Waals surface area contributed by atoms with E-state index >= 15 is 0 Å². The van der Waals surface area contributed by atoms with Gasteiger partial charge in [0.2, 0.25) is 5.88 Å². The van der Waals surface area contributed by atoms with Gasteiger partial charge in [-0.25, -0.2) is 13.8 Å². The molecule has 0 aliphatic carbocycles. The SMILES string of the molecule is Cc1ccc(C(=O)NCc2cccnc2Oc2ccc(F)cc2F)cc1O. The highest BCUT2D eigenvalue weighted by Crippen LogP contribution is 2.26. The maximum atomic E-state index is 13.8. The van der Waals surface area contributed by atoms with Crippen molar-refractivity contribution in [3.63, 3.8) is 0 Å². The zero-order valence-corrected chi connectivity index (χ0v) is 14.4. The molecule has 5 nitrogen and oxygen atoms in total. The number of pyridine rings is 1. The quantitative estimate of drug-likeness (QED) is 0.709. The van der Waals surface area contributed by atoms with E-state index in [-0.39, 0.29) is 23.9 Å². The Bertz CT molecular complexity index is 993. The fourth-order valence-corrected chi connectivity index (χ4v) is 2.34. The third-order valence-corrected chi connectivity index (χ3v) is 3.86. The highest BCUT2D eigenvalue weighted by Gasteiger charge is 2.13. The summed E-state index contributed by atoms with van der Waals surface area (Å²) < 4.78 is 32.2. The van der Waals surface area contributed by atoms with E-state index in [2.05, 4.69) is 10.3 Å². The summed E-state index contributed by atoms with van der Waals surface area (Å²) in [4.78, 5) is 16.3. The maximum Gasteiger partial charge on any atom is 0.251 e. The number of aromatic nitrogens is 1. The molecule has 3 rings (SSSR count). The van der Waals surface area contributed by atoms with Crippen LogP contribution in [0.25, 0.3) is 0 Å². The number of phenols is 1. The van der Waals surface area contributed by atoms with Gasteiger partial charge in [-0.2, -0.15) is 0 Å². The van der Waals surface area contributed by atoms with Crippen molar-refractivity contribution in [2.45, 2.75) is 13.5 Å². The number of aromatic hydroxyl groups is 1. The van der Waals surface area contributed by atoms with E-state index in [9.17, 15) is 18.7 Å². The first-order valence-electron chi connectivity index (χ1n) is 8.08. The molecule has 1 aromatic heterocycles. The van der Waals surface area contributed by atoms with Gasteiger partial charge in [0.05, 0.1) is 0 Å². The topological polar surface area (TPSA) is 71.5 Å². The molecular formula is C20H16F2N2O3. The predicted octanol–water partition coefficient (Wildman–Crippen LogP) is 4.10. The van der Waals surface area contributed by atoms with Crippen LogP contribution in [0.1, 0.15) is 21.5 Å². The molecule has 27 heavy (non-hydrogen) atoms. The second kappa shape index (κ2) is 7.82. The van der Waals surface area contributed by atoms with Gasteiger partial charge in [-0.05, 0) is 42.8 Å². The molecule has 2 aromatic carbocycles. The molecule has 0 radical (unpaired) electrons. The number of amides is 1. The van der Waals surface area contributed by atoms with E-state index in [1.54, 1.807) is 31.2 Å². The summed E-state index contributed by atoms with van der Waals surface area (Å²) in [5.41, 5.74) is 1.47. The summed E-state index contributed by atoms with van der Waals surface area (Å²) in [7, 11) is 0. The number of carbonyl (C=O) groups excluding carboxylic acids is 1. The Labute approximate surface area is 154 Å². The average molecular weight is 370 g/mol. The van der Waals surface area contributed by atoms with Gasteiger partial charge in [-0.3, -0.25) is 4.79 Å². The van der Waals surface area contributed by atoms with Gasteiger partial charge in [-0.1, -0.05) is 12.1 Å². The fraction of sp³-hybridized carbons (Fsp3) is 0.100. The summed E-state index contributed by atoms with van der Waals surface area (Å²) in [6.07, 6.45) is 1.46. The van der Waals surface area contributed by atoms with Crippen molar-refractivity contribution < 1.29 is 23.4 Å². The molecule has 0 aliphatic rings. The number of carbonyl (C=O) groups is 1. The smallest absolute Gasteiger partial charge is 0.251 e. The van der Waals surface area contributed by atoms with Crippen LogP contribution in [0, 0.1) is 18.6 Å². The van der Waals surface area contributed by atoms with Gasteiger partial charge in [0.15, 0.2) is 11.6 Å². The lowest BCUT2D eigenvalue weighted by Crippen LogP contribution is -2.23. The largest absolute Gasteiger partial charge is 0.508 e. The number of hydrogen-bond donors (Lipinski definition) is 2. The van der Waals surface area contributed by atoms with E-state index < -0.39 is 17.5 Å². The zero-order chi connectivity index (χ0) is 19.4. The highest BCUT2D eigenvalue weighted by molar-refractivity contribution is 5.94. The first kappa shape index (κ1) is 18.3. The number of halogens is 2. The van der Waals surface area contributed by atoms with Crippen LogP contribution in [0.3, 0.4) is 0 Å². The average Bonchev–Trinajstić information content (AvgIpc) is 2.65. The Morgan fingerprint density at radius 2 is 2.00 bits per heavy atom.